The van der Waals surface area contributed by atoms with Gasteiger partial charge in [0.2, 0.25) is 0 Å². The molecule has 0 fully saturated rings. The highest BCUT2D eigenvalue weighted by Crippen LogP contribution is 2.15. The predicted octanol–water partition coefficient (Wildman–Crippen LogP) is 15.5. The number of allylic oxidation sites excluding steroid dienone is 10. The third-order valence-electron chi connectivity index (χ3n) is 10.3. The van der Waals surface area contributed by atoms with E-state index in [1.54, 1.807) is 0 Å². The molecule has 0 aliphatic rings. The quantitative estimate of drug-likeness (QED) is 0.0379. The molecule has 0 aliphatic carbocycles. The van der Waals surface area contributed by atoms with E-state index >= 15 is 0 Å². The average Bonchev–Trinajstić information content (AvgIpc) is 3.20. The summed E-state index contributed by atoms with van der Waals surface area (Å²) >= 11 is 0. The van der Waals surface area contributed by atoms with Crippen molar-refractivity contribution in [3.8, 4) is 0 Å². The molecule has 0 bridgehead atoms. The molecule has 0 aromatic heterocycles. The molecule has 0 spiro atoms. The first kappa shape index (κ1) is 53.6. The van der Waals surface area contributed by atoms with Gasteiger partial charge < -0.3 is 14.6 Å². The van der Waals surface area contributed by atoms with E-state index in [9.17, 15) is 14.7 Å². The zero-order chi connectivity index (χ0) is 40.7. The van der Waals surface area contributed by atoms with E-state index in [4.69, 9.17) is 9.47 Å². The van der Waals surface area contributed by atoms with Crippen molar-refractivity contribution in [1.82, 2.24) is 0 Å². The molecule has 1 atom stereocenters. The van der Waals surface area contributed by atoms with E-state index < -0.39 is 6.10 Å². The maximum atomic E-state index is 12.2. The molecular formula is C51H90O5. The van der Waals surface area contributed by atoms with E-state index in [2.05, 4.69) is 74.6 Å². The number of carbonyl (C=O) groups is 2. The number of ether oxygens (including phenoxy) is 2. The lowest BCUT2D eigenvalue weighted by atomic mass is 10.0. The van der Waals surface area contributed by atoms with Crippen LogP contribution in [0.4, 0.5) is 0 Å². The van der Waals surface area contributed by atoms with Gasteiger partial charge in [-0.3, -0.25) is 9.59 Å². The summed E-state index contributed by atoms with van der Waals surface area (Å²) in [6.45, 7) is 4.04. The highest BCUT2D eigenvalue weighted by Gasteiger charge is 2.16. The van der Waals surface area contributed by atoms with Gasteiger partial charge in [-0.15, -0.1) is 0 Å². The predicted molar refractivity (Wildman–Crippen MR) is 242 cm³/mol. The first-order valence-electron chi connectivity index (χ1n) is 23.8. The Bertz CT molecular complexity index is 977. The van der Waals surface area contributed by atoms with E-state index in [1.807, 2.05) is 0 Å². The molecule has 0 aromatic carbocycles. The summed E-state index contributed by atoms with van der Waals surface area (Å²) < 4.78 is 10.7. The number of aliphatic hydroxyl groups excluding tert-OH is 1. The molecule has 1 N–H and O–H groups in total. The van der Waals surface area contributed by atoms with Gasteiger partial charge in [-0.1, -0.05) is 222 Å². The zero-order valence-electron chi connectivity index (χ0n) is 36.9. The van der Waals surface area contributed by atoms with Crippen molar-refractivity contribution in [2.45, 2.75) is 238 Å². The van der Waals surface area contributed by atoms with Crippen LogP contribution in [0.2, 0.25) is 0 Å². The Balaban J connectivity index is 3.53. The van der Waals surface area contributed by atoms with Crippen LogP contribution in [0.1, 0.15) is 232 Å². The molecule has 0 rings (SSSR count). The number of hydrogen-bond donors (Lipinski definition) is 1. The fourth-order valence-electron chi connectivity index (χ4n) is 6.76. The molecule has 5 nitrogen and oxygen atoms in total. The minimum absolute atomic E-state index is 0.0671. The maximum Gasteiger partial charge on any atom is 0.306 e. The minimum Gasteiger partial charge on any atom is -0.462 e. The molecular weight excluding hydrogens is 693 g/mol. The van der Waals surface area contributed by atoms with E-state index in [0.717, 1.165) is 70.6 Å². The molecule has 0 amide bonds. The molecule has 0 radical (unpaired) electrons. The van der Waals surface area contributed by atoms with Gasteiger partial charge in [-0.2, -0.15) is 0 Å². The third-order valence-corrected chi connectivity index (χ3v) is 10.3. The Morgan fingerprint density at radius 2 is 0.768 bits per heavy atom. The van der Waals surface area contributed by atoms with Gasteiger partial charge in [0.1, 0.15) is 6.61 Å². The minimum atomic E-state index is -0.775. The fourth-order valence-corrected chi connectivity index (χ4v) is 6.76. The Morgan fingerprint density at radius 3 is 1.16 bits per heavy atom. The lowest BCUT2D eigenvalue weighted by molar-refractivity contribution is -0.161. The third kappa shape index (κ3) is 44.3. The smallest absolute Gasteiger partial charge is 0.306 e. The summed E-state index contributed by atoms with van der Waals surface area (Å²) in [6.07, 6.45) is 61.6. The van der Waals surface area contributed by atoms with Crippen molar-refractivity contribution >= 4 is 11.9 Å². The monoisotopic (exact) mass is 783 g/mol. The van der Waals surface area contributed by atoms with E-state index in [1.165, 1.54) is 135 Å². The summed E-state index contributed by atoms with van der Waals surface area (Å²) in [7, 11) is 0. The van der Waals surface area contributed by atoms with Crippen LogP contribution >= 0.6 is 0 Å². The van der Waals surface area contributed by atoms with Gasteiger partial charge in [0.15, 0.2) is 6.10 Å². The molecule has 0 saturated heterocycles. The maximum absolute atomic E-state index is 12.2. The average molecular weight is 783 g/mol. The van der Waals surface area contributed by atoms with Crippen molar-refractivity contribution in [3.05, 3.63) is 60.8 Å². The van der Waals surface area contributed by atoms with Crippen LogP contribution in [-0.4, -0.2) is 36.4 Å². The molecule has 0 aromatic rings. The van der Waals surface area contributed by atoms with Gasteiger partial charge in [-0.05, 0) is 57.8 Å². The summed E-state index contributed by atoms with van der Waals surface area (Å²) in [4.78, 5) is 24.4. The number of esters is 2. The largest absolute Gasteiger partial charge is 0.462 e. The number of hydrogen-bond acceptors (Lipinski definition) is 5. The molecule has 56 heavy (non-hydrogen) atoms. The summed E-state index contributed by atoms with van der Waals surface area (Å²) in [5.74, 6) is -0.591. The molecule has 5 heteroatoms. The number of rotatable bonds is 43. The molecule has 324 valence electrons. The van der Waals surface area contributed by atoms with Crippen LogP contribution in [0.15, 0.2) is 60.8 Å². The van der Waals surface area contributed by atoms with E-state index in [-0.39, 0.29) is 25.2 Å². The molecule has 0 heterocycles. The topological polar surface area (TPSA) is 72.8 Å². The summed E-state index contributed by atoms with van der Waals surface area (Å²) in [5, 5.41) is 9.61. The van der Waals surface area contributed by atoms with Crippen molar-refractivity contribution in [2.24, 2.45) is 0 Å². The van der Waals surface area contributed by atoms with E-state index in [0.29, 0.717) is 12.8 Å². The van der Waals surface area contributed by atoms with Crippen molar-refractivity contribution in [1.29, 1.82) is 0 Å². The van der Waals surface area contributed by atoms with Crippen molar-refractivity contribution < 1.29 is 24.2 Å². The first-order valence-corrected chi connectivity index (χ1v) is 23.8. The van der Waals surface area contributed by atoms with Gasteiger partial charge >= 0.3 is 11.9 Å². The standard InChI is InChI=1S/C51H90O5/c1-3-5-7-9-11-13-15-17-19-21-22-23-24-25-26-27-28-30-32-34-36-38-40-42-44-46-51(54)56-49(47-52)48-55-50(53)45-43-41-39-37-35-33-31-29-20-18-16-14-12-10-8-6-4-2/h5,7,11,13,17,19,22-23,25-26,49,52H,3-4,6,8-10,12,14-16,18,20-21,24,27-48H2,1-2H3/b7-5-,13-11-,19-17-,23-22-,26-25-. The second-order valence-electron chi connectivity index (χ2n) is 15.8. The van der Waals surface area contributed by atoms with Crippen LogP contribution in [-0.2, 0) is 19.1 Å². The number of aliphatic hydroxyl groups is 1. The van der Waals surface area contributed by atoms with Gasteiger partial charge in [-0.25, -0.2) is 0 Å². The molecule has 0 aliphatic heterocycles. The Kier molecular flexibility index (Phi) is 45.0. The Morgan fingerprint density at radius 1 is 0.429 bits per heavy atom. The Labute approximate surface area is 347 Å². The first-order chi connectivity index (χ1) is 27.6. The summed E-state index contributed by atoms with van der Waals surface area (Å²) in [5.41, 5.74) is 0. The lowest BCUT2D eigenvalue weighted by Gasteiger charge is -2.15. The van der Waals surface area contributed by atoms with Gasteiger partial charge in [0.05, 0.1) is 6.61 Å². The van der Waals surface area contributed by atoms with Crippen LogP contribution in [0.5, 0.6) is 0 Å². The SMILES string of the molecule is CC/C=C\C/C=C\C/C=C\C/C=C\C/C=C\CCCCCCCCCCCC(=O)OC(CO)COC(=O)CCCCCCCCCCCCCCCCCCC. The van der Waals surface area contributed by atoms with Crippen LogP contribution in [0.25, 0.3) is 0 Å². The van der Waals surface area contributed by atoms with Crippen molar-refractivity contribution in [2.75, 3.05) is 13.2 Å². The molecule has 0 saturated carbocycles. The lowest BCUT2D eigenvalue weighted by Crippen LogP contribution is -2.28. The van der Waals surface area contributed by atoms with Gasteiger partial charge in [0.25, 0.3) is 0 Å². The van der Waals surface area contributed by atoms with Gasteiger partial charge in [0, 0.05) is 12.8 Å². The van der Waals surface area contributed by atoms with Crippen LogP contribution in [0.3, 0.4) is 0 Å². The zero-order valence-corrected chi connectivity index (χ0v) is 36.9. The number of unbranched alkanes of at least 4 members (excludes halogenated alkanes) is 25. The summed E-state index contributed by atoms with van der Waals surface area (Å²) in [6, 6.07) is 0. The number of carbonyl (C=O) groups excluding carboxylic acids is 2. The highest BCUT2D eigenvalue weighted by molar-refractivity contribution is 5.70. The van der Waals surface area contributed by atoms with Crippen LogP contribution < -0.4 is 0 Å². The fraction of sp³-hybridized carbons (Fsp3) is 0.765. The normalized spacial score (nSPS) is 12.7. The Hall–Kier alpha value is -2.40. The second kappa shape index (κ2) is 47.0. The van der Waals surface area contributed by atoms with Crippen molar-refractivity contribution in [3.63, 3.8) is 0 Å². The molecule has 1 unspecified atom stereocenters. The van der Waals surface area contributed by atoms with Crippen LogP contribution in [0, 0.1) is 0 Å². The highest BCUT2D eigenvalue weighted by atomic mass is 16.6. The second-order valence-corrected chi connectivity index (χ2v) is 15.8.